The standard InChI is InChI=1S/C15H22Cl2N2.C10H12Cl2N2.C5H11.V.Y/c1-2-3-4-8-18-9-11-19(12-10-18)14-7-5-6-13(16)15(14)17;11-8-2-1-3-9(10(8)12)14-6-4-13-5-7-14;1-3-5-4-2;;/h5-7H,2-4,8-12H2,1H3;1-3,13H,4-7H2;1,3-5H2,2H3;;/q;;-1;;. The smallest absolute Gasteiger partial charge is 0.0825 e. The van der Waals surface area contributed by atoms with Crippen molar-refractivity contribution in [3.63, 3.8) is 0 Å². The fourth-order valence-electron chi connectivity index (χ4n) is 4.43. The zero-order chi connectivity index (χ0) is 27.8. The maximum absolute atomic E-state index is 6.28. The molecule has 0 aliphatic carbocycles. The molecular weight excluding hydrogens is 698 g/mol. The van der Waals surface area contributed by atoms with Gasteiger partial charge in [0.25, 0.3) is 0 Å². The maximum atomic E-state index is 6.28. The van der Waals surface area contributed by atoms with Crippen molar-refractivity contribution in [1.29, 1.82) is 0 Å². The Bertz CT molecular complexity index is 925. The van der Waals surface area contributed by atoms with Crippen LogP contribution in [0.2, 0.25) is 20.1 Å². The van der Waals surface area contributed by atoms with Gasteiger partial charge in [-0.2, -0.15) is 6.42 Å². The van der Waals surface area contributed by atoms with E-state index in [1.165, 1.54) is 38.6 Å². The second-order valence-corrected chi connectivity index (χ2v) is 11.2. The zero-order valence-corrected chi connectivity index (χ0v) is 31.4. The molecule has 0 saturated carbocycles. The van der Waals surface area contributed by atoms with E-state index in [-0.39, 0.29) is 51.3 Å². The SMILES string of the molecule is CCCCCN1CCN(c2cccc(Cl)c2Cl)CC1.Clc1cccc(N2CCNCC2)c1Cl.[CH2-]CCCC.[V].[Y]. The first-order chi connectivity index (χ1) is 18.4. The van der Waals surface area contributed by atoms with Gasteiger partial charge in [0.1, 0.15) is 0 Å². The molecule has 0 unspecified atom stereocenters. The predicted octanol–water partition coefficient (Wildman–Crippen LogP) is 8.71. The van der Waals surface area contributed by atoms with Crippen LogP contribution < -0.4 is 15.1 Å². The maximum Gasteiger partial charge on any atom is 0.0825 e. The van der Waals surface area contributed by atoms with Crippen LogP contribution in [0.3, 0.4) is 0 Å². The first-order valence-corrected chi connectivity index (χ1v) is 15.5. The Morgan fingerprint density at radius 1 is 0.700 bits per heavy atom. The number of hydrogen-bond donors (Lipinski definition) is 1. The summed E-state index contributed by atoms with van der Waals surface area (Å²) < 4.78 is 0. The van der Waals surface area contributed by atoms with Gasteiger partial charge in [0.2, 0.25) is 0 Å². The zero-order valence-electron chi connectivity index (χ0n) is 24.2. The molecule has 4 rings (SSSR count). The minimum atomic E-state index is 0. The summed E-state index contributed by atoms with van der Waals surface area (Å²) in [6, 6.07) is 11.6. The van der Waals surface area contributed by atoms with Crippen LogP contribution in [-0.2, 0) is 51.3 Å². The Balaban J connectivity index is 0.000000641. The summed E-state index contributed by atoms with van der Waals surface area (Å²) in [5, 5.41) is 5.92. The van der Waals surface area contributed by atoms with Crippen molar-refractivity contribution in [2.75, 3.05) is 68.7 Å². The summed E-state index contributed by atoms with van der Waals surface area (Å²) in [5.41, 5.74) is 2.11. The average molecular weight is 743 g/mol. The van der Waals surface area contributed by atoms with E-state index in [4.69, 9.17) is 46.4 Å². The number of benzene rings is 2. The van der Waals surface area contributed by atoms with Gasteiger partial charge in [-0.25, -0.2) is 0 Å². The van der Waals surface area contributed by atoms with Crippen LogP contribution in [0.25, 0.3) is 0 Å². The van der Waals surface area contributed by atoms with Gasteiger partial charge < -0.3 is 22.0 Å². The second-order valence-electron chi connectivity index (χ2n) is 9.63. The van der Waals surface area contributed by atoms with Gasteiger partial charge in [-0.3, -0.25) is 4.90 Å². The van der Waals surface area contributed by atoms with Crippen LogP contribution in [0.1, 0.15) is 52.4 Å². The minimum Gasteiger partial charge on any atom is -0.368 e. The molecular formula is C30H45Cl4N4VY-. The Kier molecular flexibility index (Phi) is 24.7. The third-order valence-electron chi connectivity index (χ3n) is 6.71. The van der Waals surface area contributed by atoms with Gasteiger partial charge in [-0.05, 0) is 37.2 Å². The number of unbranched alkanes of at least 4 members (excludes halogenated alkanes) is 4. The van der Waals surface area contributed by atoms with Crippen LogP contribution in [0, 0.1) is 6.92 Å². The van der Waals surface area contributed by atoms with Crippen molar-refractivity contribution in [2.45, 2.75) is 52.4 Å². The molecule has 0 aromatic heterocycles. The monoisotopic (exact) mass is 741 g/mol. The largest absolute Gasteiger partial charge is 0.368 e. The van der Waals surface area contributed by atoms with Crippen molar-refractivity contribution in [1.82, 2.24) is 10.2 Å². The Labute approximate surface area is 300 Å². The van der Waals surface area contributed by atoms with Crippen LogP contribution in [-0.4, -0.2) is 63.8 Å². The molecule has 0 spiro atoms. The summed E-state index contributed by atoms with van der Waals surface area (Å²) in [4.78, 5) is 7.14. The number of nitrogens with one attached hydrogen (secondary N) is 1. The van der Waals surface area contributed by atoms with Crippen molar-refractivity contribution in [3.8, 4) is 0 Å². The Morgan fingerprint density at radius 3 is 1.60 bits per heavy atom. The molecule has 2 saturated heterocycles. The van der Waals surface area contributed by atoms with Crippen molar-refractivity contribution in [3.05, 3.63) is 63.4 Å². The van der Waals surface area contributed by atoms with Crippen molar-refractivity contribution in [2.24, 2.45) is 0 Å². The van der Waals surface area contributed by atoms with E-state index in [2.05, 4.69) is 46.9 Å². The van der Waals surface area contributed by atoms with Gasteiger partial charge in [0.05, 0.1) is 31.5 Å². The first-order valence-electron chi connectivity index (χ1n) is 14.0. The predicted molar refractivity (Wildman–Crippen MR) is 171 cm³/mol. The molecule has 4 nitrogen and oxygen atoms in total. The van der Waals surface area contributed by atoms with Crippen LogP contribution >= 0.6 is 46.4 Å². The van der Waals surface area contributed by atoms with E-state index < -0.39 is 0 Å². The normalized spacial score (nSPS) is 15.1. The number of halogens is 4. The van der Waals surface area contributed by atoms with Gasteiger partial charge in [0.15, 0.2) is 0 Å². The number of hydrogen-bond acceptors (Lipinski definition) is 4. The molecule has 2 aliphatic heterocycles. The molecule has 2 radical (unpaired) electrons. The van der Waals surface area contributed by atoms with Gasteiger partial charge in [-0.1, -0.05) is 98.1 Å². The van der Waals surface area contributed by atoms with E-state index in [1.54, 1.807) is 0 Å². The molecule has 0 amide bonds. The molecule has 2 aromatic carbocycles. The minimum absolute atomic E-state index is 0. The summed E-state index contributed by atoms with van der Waals surface area (Å²) in [6.45, 7) is 17.6. The van der Waals surface area contributed by atoms with E-state index in [1.807, 2.05) is 30.3 Å². The fourth-order valence-corrected chi connectivity index (χ4v) is 5.26. The number of nitrogens with zero attached hydrogens (tertiary/aromatic N) is 3. The fraction of sp³-hybridized carbons (Fsp3) is 0.567. The van der Waals surface area contributed by atoms with Gasteiger partial charge in [0, 0.05) is 104 Å². The van der Waals surface area contributed by atoms with Crippen LogP contribution in [0.5, 0.6) is 0 Å². The number of rotatable bonds is 8. The molecule has 2 fully saturated rings. The van der Waals surface area contributed by atoms with Gasteiger partial charge in [-0.15, -0.1) is 0 Å². The summed E-state index contributed by atoms with van der Waals surface area (Å²) >= 11 is 24.4. The summed E-state index contributed by atoms with van der Waals surface area (Å²) in [5.74, 6) is 0. The van der Waals surface area contributed by atoms with E-state index in [0.717, 1.165) is 70.2 Å². The quantitative estimate of drug-likeness (QED) is 0.216. The molecule has 1 N–H and O–H groups in total. The number of piperazine rings is 2. The topological polar surface area (TPSA) is 21.8 Å². The summed E-state index contributed by atoms with van der Waals surface area (Å²) in [6.07, 6.45) is 7.59. The summed E-state index contributed by atoms with van der Waals surface area (Å²) in [7, 11) is 0. The molecule has 2 heterocycles. The molecule has 222 valence electrons. The average Bonchev–Trinajstić information content (AvgIpc) is 2.94. The third kappa shape index (κ3) is 14.5. The van der Waals surface area contributed by atoms with E-state index >= 15 is 0 Å². The van der Waals surface area contributed by atoms with Crippen molar-refractivity contribution >= 4 is 57.8 Å². The molecule has 2 aromatic rings. The molecule has 0 bridgehead atoms. The molecule has 0 atom stereocenters. The van der Waals surface area contributed by atoms with Crippen molar-refractivity contribution < 1.29 is 51.3 Å². The first kappa shape index (κ1) is 40.8. The van der Waals surface area contributed by atoms with E-state index in [9.17, 15) is 0 Å². The number of anilines is 2. The Morgan fingerprint density at radius 2 is 1.18 bits per heavy atom. The van der Waals surface area contributed by atoms with E-state index in [0.29, 0.717) is 20.1 Å². The molecule has 10 heteroatoms. The Hall–Kier alpha value is 0.808. The van der Waals surface area contributed by atoms with Crippen LogP contribution in [0.15, 0.2) is 36.4 Å². The third-order valence-corrected chi connectivity index (χ3v) is 8.33. The van der Waals surface area contributed by atoms with Crippen LogP contribution in [0.4, 0.5) is 11.4 Å². The molecule has 2 aliphatic rings. The second kappa shape index (κ2) is 24.2. The molecule has 40 heavy (non-hydrogen) atoms. The van der Waals surface area contributed by atoms with Gasteiger partial charge >= 0.3 is 0 Å².